The summed E-state index contributed by atoms with van der Waals surface area (Å²) in [5.74, 6) is -0.0532. The number of hydrogen-bond donors (Lipinski definition) is 2. The smallest absolute Gasteiger partial charge is 0.270 e. The van der Waals surface area contributed by atoms with E-state index in [0.717, 1.165) is 36.3 Å². The molecule has 1 heterocycles. The minimum atomic E-state index is -0.451. The molecule has 0 saturated heterocycles. The van der Waals surface area contributed by atoms with Gasteiger partial charge >= 0.3 is 0 Å². The summed E-state index contributed by atoms with van der Waals surface area (Å²) in [6.07, 6.45) is 5.29. The molecule has 8 nitrogen and oxygen atoms in total. The lowest BCUT2D eigenvalue weighted by Crippen LogP contribution is -2.24. The highest BCUT2D eigenvalue weighted by Crippen LogP contribution is 2.30. The fraction of sp³-hybridized carbons (Fsp3) is 0.320. The van der Waals surface area contributed by atoms with Gasteiger partial charge in [-0.3, -0.25) is 19.7 Å². The third-order valence-corrected chi connectivity index (χ3v) is 7.70. The van der Waals surface area contributed by atoms with E-state index in [1.165, 1.54) is 41.7 Å². The summed E-state index contributed by atoms with van der Waals surface area (Å²) in [5.41, 5.74) is 1.91. The number of thioether (sulfide) groups is 1. The number of benzene rings is 2. The Morgan fingerprint density at radius 3 is 2.66 bits per heavy atom. The highest BCUT2D eigenvalue weighted by molar-refractivity contribution is 8.00. The van der Waals surface area contributed by atoms with Gasteiger partial charge in [-0.05, 0) is 38.0 Å². The molecule has 3 aromatic rings. The van der Waals surface area contributed by atoms with Crippen molar-refractivity contribution in [1.29, 1.82) is 0 Å². The van der Waals surface area contributed by atoms with Crippen LogP contribution in [0.1, 0.15) is 39.0 Å². The van der Waals surface area contributed by atoms with Crippen molar-refractivity contribution in [3.8, 4) is 11.3 Å². The number of aromatic nitrogens is 1. The topological polar surface area (TPSA) is 114 Å². The van der Waals surface area contributed by atoms with Crippen molar-refractivity contribution >= 4 is 51.4 Å². The summed E-state index contributed by atoms with van der Waals surface area (Å²) in [4.78, 5) is 41.2. The van der Waals surface area contributed by atoms with E-state index < -0.39 is 10.2 Å². The highest BCUT2D eigenvalue weighted by Gasteiger charge is 2.21. The average Bonchev–Trinajstić information content (AvgIpc) is 3.33. The minimum absolute atomic E-state index is 0.0109. The van der Waals surface area contributed by atoms with Crippen molar-refractivity contribution in [3.05, 3.63) is 64.0 Å². The van der Waals surface area contributed by atoms with Gasteiger partial charge in [-0.1, -0.05) is 37.5 Å². The van der Waals surface area contributed by atoms with E-state index in [2.05, 4.69) is 15.6 Å². The number of carbonyl (C=O) groups is 2. The Labute approximate surface area is 211 Å². The third kappa shape index (κ3) is 6.67. The Morgan fingerprint density at radius 2 is 1.89 bits per heavy atom. The van der Waals surface area contributed by atoms with Gasteiger partial charge < -0.3 is 10.6 Å². The molecule has 2 N–H and O–H groups in total. The van der Waals surface area contributed by atoms with Gasteiger partial charge in [-0.2, -0.15) is 0 Å². The van der Waals surface area contributed by atoms with E-state index in [-0.39, 0.29) is 23.4 Å². The van der Waals surface area contributed by atoms with Crippen molar-refractivity contribution in [3.63, 3.8) is 0 Å². The van der Waals surface area contributed by atoms with Crippen LogP contribution in [0.3, 0.4) is 0 Å². The molecule has 1 aliphatic carbocycles. The van der Waals surface area contributed by atoms with Crippen LogP contribution >= 0.6 is 23.1 Å². The van der Waals surface area contributed by atoms with Crippen LogP contribution in [0, 0.1) is 16.0 Å². The normalized spacial score (nSPS) is 14.8. The van der Waals surface area contributed by atoms with Crippen LogP contribution in [0.25, 0.3) is 11.3 Å². The number of nitro benzene ring substituents is 1. The summed E-state index contributed by atoms with van der Waals surface area (Å²) in [6.45, 7) is 1.81. The second-order valence-corrected chi connectivity index (χ2v) is 10.7. The molecule has 1 unspecified atom stereocenters. The summed E-state index contributed by atoms with van der Waals surface area (Å²) in [7, 11) is 0. The zero-order valence-corrected chi connectivity index (χ0v) is 20.9. The summed E-state index contributed by atoms with van der Waals surface area (Å²) >= 11 is 2.66. The van der Waals surface area contributed by atoms with E-state index in [0.29, 0.717) is 16.4 Å². The number of hydrogen-bond acceptors (Lipinski definition) is 7. The van der Waals surface area contributed by atoms with E-state index in [1.807, 2.05) is 31.2 Å². The van der Waals surface area contributed by atoms with Crippen molar-refractivity contribution in [1.82, 2.24) is 4.98 Å². The van der Waals surface area contributed by atoms with Crippen LogP contribution in [0.2, 0.25) is 0 Å². The summed E-state index contributed by atoms with van der Waals surface area (Å²) in [6, 6.07) is 13.8. The predicted octanol–water partition coefficient (Wildman–Crippen LogP) is 6.36. The Kier molecular flexibility index (Phi) is 8.14. The standard InChI is InChI=1S/C25H26N4O4S2/c1-16(35-21-12-6-10-19(14-21)26-24(31)17-7-3-2-4-8-17)23(30)28-25-27-22(15-34-25)18-9-5-11-20(13-18)29(32)33/h5-6,9-17H,2-4,7-8H2,1H3,(H,26,31)(H,27,28,30). The Balaban J connectivity index is 1.34. The maximum absolute atomic E-state index is 12.8. The van der Waals surface area contributed by atoms with Crippen molar-refractivity contribution < 1.29 is 14.5 Å². The monoisotopic (exact) mass is 510 g/mol. The Hall–Kier alpha value is -3.24. The molecule has 182 valence electrons. The Bertz CT molecular complexity index is 1220. The molecule has 4 rings (SSSR count). The fourth-order valence-corrected chi connectivity index (χ4v) is 5.61. The fourth-order valence-electron chi connectivity index (χ4n) is 3.96. The first-order valence-corrected chi connectivity index (χ1v) is 13.2. The Morgan fingerprint density at radius 1 is 1.11 bits per heavy atom. The number of nitrogens with zero attached hydrogens (tertiary/aromatic N) is 2. The summed E-state index contributed by atoms with van der Waals surface area (Å²) < 4.78 is 0. The van der Waals surface area contributed by atoms with E-state index in [4.69, 9.17) is 0 Å². The van der Waals surface area contributed by atoms with Gasteiger partial charge in [0.05, 0.1) is 15.9 Å². The molecule has 1 fully saturated rings. The molecule has 2 aromatic carbocycles. The maximum atomic E-state index is 12.8. The summed E-state index contributed by atoms with van der Waals surface area (Å²) in [5, 5.41) is 18.6. The lowest BCUT2D eigenvalue weighted by Gasteiger charge is -2.21. The van der Waals surface area contributed by atoms with Crippen LogP contribution in [0.5, 0.6) is 0 Å². The van der Waals surface area contributed by atoms with Gasteiger partial charge in [0.25, 0.3) is 5.69 Å². The number of nitrogens with one attached hydrogen (secondary N) is 2. The van der Waals surface area contributed by atoms with Crippen molar-refractivity contribution in [2.45, 2.75) is 49.2 Å². The van der Waals surface area contributed by atoms with E-state index in [1.54, 1.807) is 17.5 Å². The minimum Gasteiger partial charge on any atom is -0.326 e. The zero-order valence-electron chi connectivity index (χ0n) is 19.2. The van der Waals surface area contributed by atoms with Gasteiger partial charge in [0, 0.05) is 39.6 Å². The molecular formula is C25H26N4O4S2. The molecule has 2 amide bonds. The number of thiazole rings is 1. The van der Waals surface area contributed by atoms with Gasteiger partial charge in [0.1, 0.15) is 0 Å². The molecule has 0 radical (unpaired) electrons. The number of rotatable bonds is 8. The first-order chi connectivity index (χ1) is 16.9. The number of amides is 2. The number of carbonyl (C=O) groups excluding carboxylic acids is 2. The van der Waals surface area contributed by atoms with Gasteiger partial charge in [0.2, 0.25) is 11.8 Å². The van der Waals surface area contributed by atoms with Crippen LogP contribution in [0.15, 0.2) is 58.8 Å². The molecule has 10 heteroatoms. The molecule has 1 saturated carbocycles. The zero-order chi connectivity index (χ0) is 24.8. The maximum Gasteiger partial charge on any atom is 0.270 e. The third-order valence-electron chi connectivity index (χ3n) is 5.85. The first kappa shape index (κ1) is 24.9. The second kappa shape index (κ2) is 11.5. The molecule has 0 spiro atoms. The molecule has 0 aliphatic heterocycles. The van der Waals surface area contributed by atoms with Crippen LogP contribution < -0.4 is 10.6 Å². The lowest BCUT2D eigenvalue weighted by atomic mass is 9.88. The first-order valence-electron chi connectivity index (χ1n) is 11.5. The van der Waals surface area contributed by atoms with Gasteiger partial charge in [0.15, 0.2) is 5.13 Å². The van der Waals surface area contributed by atoms with E-state index >= 15 is 0 Å². The highest BCUT2D eigenvalue weighted by atomic mass is 32.2. The molecule has 1 aliphatic rings. The average molecular weight is 511 g/mol. The SMILES string of the molecule is CC(Sc1cccc(NC(=O)C2CCCCC2)c1)C(=O)Nc1nc(-c2cccc([N+](=O)[O-])c2)cs1. The quantitative estimate of drug-likeness (QED) is 0.207. The number of nitro groups is 1. The molecule has 1 aromatic heterocycles. The molecule has 1 atom stereocenters. The molecule has 35 heavy (non-hydrogen) atoms. The molecule has 0 bridgehead atoms. The van der Waals surface area contributed by atoms with Crippen LogP contribution in [-0.4, -0.2) is 27.0 Å². The van der Waals surface area contributed by atoms with Gasteiger partial charge in [-0.25, -0.2) is 4.98 Å². The number of non-ortho nitro benzene ring substituents is 1. The van der Waals surface area contributed by atoms with Crippen molar-refractivity contribution in [2.75, 3.05) is 10.6 Å². The molecular weight excluding hydrogens is 484 g/mol. The van der Waals surface area contributed by atoms with Crippen LogP contribution in [0.4, 0.5) is 16.5 Å². The number of anilines is 2. The largest absolute Gasteiger partial charge is 0.326 e. The van der Waals surface area contributed by atoms with E-state index in [9.17, 15) is 19.7 Å². The van der Waals surface area contributed by atoms with Crippen molar-refractivity contribution in [2.24, 2.45) is 5.92 Å². The lowest BCUT2D eigenvalue weighted by molar-refractivity contribution is -0.384. The van der Waals surface area contributed by atoms with Gasteiger partial charge in [-0.15, -0.1) is 23.1 Å². The second-order valence-electron chi connectivity index (χ2n) is 8.45. The predicted molar refractivity (Wildman–Crippen MR) is 140 cm³/mol. The van der Waals surface area contributed by atoms with Crippen LogP contribution in [-0.2, 0) is 9.59 Å².